The number of rotatable bonds is 6. The summed E-state index contributed by atoms with van der Waals surface area (Å²) in [6.07, 6.45) is 4.49. The van der Waals surface area contributed by atoms with Crippen LogP contribution in [0.25, 0.3) is 0 Å². The molecule has 6 nitrogen and oxygen atoms in total. The van der Waals surface area contributed by atoms with E-state index in [9.17, 15) is 14.7 Å². The first kappa shape index (κ1) is 21.7. The van der Waals surface area contributed by atoms with E-state index in [1.54, 1.807) is 0 Å². The molecule has 160 valence electrons. The summed E-state index contributed by atoms with van der Waals surface area (Å²) in [4.78, 5) is 25.9. The first-order valence-electron chi connectivity index (χ1n) is 10.8. The van der Waals surface area contributed by atoms with E-state index in [1.807, 2.05) is 6.92 Å². The number of aliphatic hydroxyl groups excluding tert-OH is 1. The lowest BCUT2D eigenvalue weighted by molar-refractivity contribution is -0.183. The molecule has 0 aromatic rings. The molecule has 0 aromatic carbocycles. The second-order valence-electron chi connectivity index (χ2n) is 9.42. The largest absolute Gasteiger partial charge is 0.469 e. The summed E-state index contributed by atoms with van der Waals surface area (Å²) >= 11 is 0. The van der Waals surface area contributed by atoms with Crippen molar-refractivity contribution in [1.29, 1.82) is 0 Å². The van der Waals surface area contributed by atoms with Crippen molar-refractivity contribution < 1.29 is 28.9 Å². The molecule has 28 heavy (non-hydrogen) atoms. The number of hydrogen-bond acceptors (Lipinski definition) is 6. The molecule has 0 aliphatic heterocycles. The van der Waals surface area contributed by atoms with E-state index in [1.165, 1.54) is 7.11 Å². The zero-order valence-electron chi connectivity index (χ0n) is 17.7. The average molecular weight is 397 g/mol. The summed E-state index contributed by atoms with van der Waals surface area (Å²) in [6, 6.07) is 0. The number of carbonyl (C=O) groups is 2. The van der Waals surface area contributed by atoms with E-state index >= 15 is 0 Å². The molecule has 7 atom stereocenters. The van der Waals surface area contributed by atoms with Crippen LogP contribution in [0.15, 0.2) is 0 Å². The molecular weight excluding hydrogens is 360 g/mol. The van der Waals surface area contributed by atoms with Crippen molar-refractivity contribution in [3.8, 4) is 0 Å². The molecule has 0 spiro atoms. The van der Waals surface area contributed by atoms with Crippen molar-refractivity contribution in [1.82, 2.24) is 0 Å². The van der Waals surface area contributed by atoms with Crippen LogP contribution >= 0.6 is 0 Å². The van der Waals surface area contributed by atoms with Gasteiger partial charge in [-0.3, -0.25) is 9.59 Å². The van der Waals surface area contributed by atoms with Crippen molar-refractivity contribution in [2.75, 3.05) is 26.9 Å². The molecule has 3 rings (SSSR count). The van der Waals surface area contributed by atoms with Gasteiger partial charge in [0.15, 0.2) is 0 Å². The van der Waals surface area contributed by atoms with Gasteiger partial charge in [-0.05, 0) is 49.9 Å². The fourth-order valence-corrected chi connectivity index (χ4v) is 6.35. The molecule has 6 heteroatoms. The zero-order valence-corrected chi connectivity index (χ0v) is 17.7. The lowest BCUT2D eigenvalue weighted by atomic mass is 9.57. The lowest BCUT2D eigenvalue weighted by Gasteiger charge is -2.51. The third-order valence-corrected chi connectivity index (χ3v) is 7.84. The molecule has 0 heterocycles. The average Bonchev–Trinajstić information content (AvgIpc) is 2.92. The Kier molecular flexibility index (Phi) is 6.52. The first-order chi connectivity index (χ1) is 13.3. The van der Waals surface area contributed by atoms with Crippen molar-refractivity contribution in [3.05, 3.63) is 0 Å². The van der Waals surface area contributed by atoms with Gasteiger partial charge >= 0.3 is 5.97 Å². The number of hydrogen-bond donors (Lipinski definition) is 1. The molecule has 1 N–H and O–H groups in total. The van der Waals surface area contributed by atoms with Crippen molar-refractivity contribution in [2.45, 2.75) is 71.5 Å². The van der Waals surface area contributed by atoms with E-state index in [4.69, 9.17) is 14.2 Å². The third-order valence-electron chi connectivity index (χ3n) is 7.84. The van der Waals surface area contributed by atoms with Gasteiger partial charge in [-0.15, -0.1) is 0 Å². The Bertz CT molecular complexity index is 592. The van der Waals surface area contributed by atoms with Crippen LogP contribution < -0.4 is 0 Å². The van der Waals surface area contributed by atoms with Crippen LogP contribution in [-0.4, -0.2) is 56.0 Å². The van der Waals surface area contributed by atoms with Crippen LogP contribution in [-0.2, 0) is 23.8 Å². The highest BCUT2D eigenvalue weighted by atomic mass is 16.5. The summed E-state index contributed by atoms with van der Waals surface area (Å²) < 4.78 is 17.4. The Morgan fingerprint density at radius 3 is 2.50 bits per heavy atom. The van der Waals surface area contributed by atoms with Crippen LogP contribution in [0, 0.1) is 28.6 Å². The fraction of sp³-hybridized carbons (Fsp3) is 0.909. The summed E-state index contributed by atoms with van der Waals surface area (Å²) in [5.74, 6) is -0.898. The number of Topliss-reactive ketones (excluding diaryl/α,β-unsaturated/α-hetero) is 1. The van der Waals surface area contributed by atoms with E-state index in [0.717, 1.165) is 32.1 Å². The van der Waals surface area contributed by atoms with Crippen molar-refractivity contribution in [3.63, 3.8) is 0 Å². The molecule has 3 fully saturated rings. The molecule has 3 aliphatic carbocycles. The highest BCUT2D eigenvalue weighted by Gasteiger charge is 2.62. The maximum atomic E-state index is 13.0. The van der Waals surface area contributed by atoms with E-state index < -0.39 is 12.0 Å². The number of ketones is 1. The first-order valence-corrected chi connectivity index (χ1v) is 10.8. The Balaban J connectivity index is 2.09. The molecule has 0 radical (unpaired) electrons. The van der Waals surface area contributed by atoms with E-state index in [2.05, 4.69) is 13.8 Å². The molecule has 0 saturated heterocycles. The molecular formula is C22H36O6. The predicted octanol–water partition coefficient (Wildman–Crippen LogP) is 2.75. The quantitative estimate of drug-likeness (QED) is 0.695. The van der Waals surface area contributed by atoms with Gasteiger partial charge in [-0.2, -0.15) is 0 Å². The second kappa shape index (κ2) is 8.41. The van der Waals surface area contributed by atoms with Crippen LogP contribution in [0.1, 0.15) is 59.3 Å². The van der Waals surface area contributed by atoms with Crippen LogP contribution in [0.3, 0.4) is 0 Å². The molecule has 3 aliphatic rings. The van der Waals surface area contributed by atoms with Gasteiger partial charge in [0, 0.05) is 24.9 Å². The zero-order chi connectivity index (χ0) is 20.5. The standard InChI is InChI=1S/C22H36O6/c1-5-27-15-7-9-22(3)11-10-21(2)8-6-14(24)17(21)19(28-13-12-23)18(22)16(15)20(25)26-4/h15-19,23H,5-13H2,1-4H3/t15-,16-,17?,18+,19?,21+,22-/m0/s1. The minimum atomic E-state index is -0.455. The number of methoxy groups -OCH3 is 1. The fourth-order valence-electron chi connectivity index (χ4n) is 6.35. The highest BCUT2D eigenvalue weighted by Crippen LogP contribution is 2.60. The Morgan fingerprint density at radius 1 is 1.14 bits per heavy atom. The van der Waals surface area contributed by atoms with Crippen molar-refractivity contribution in [2.24, 2.45) is 28.6 Å². The van der Waals surface area contributed by atoms with Gasteiger partial charge in [0.2, 0.25) is 0 Å². The minimum Gasteiger partial charge on any atom is -0.469 e. The Morgan fingerprint density at radius 2 is 1.86 bits per heavy atom. The molecule has 0 amide bonds. The predicted molar refractivity (Wildman–Crippen MR) is 104 cm³/mol. The smallest absolute Gasteiger partial charge is 0.311 e. The van der Waals surface area contributed by atoms with Crippen molar-refractivity contribution >= 4 is 11.8 Å². The van der Waals surface area contributed by atoms with Crippen LogP contribution in [0.2, 0.25) is 0 Å². The minimum absolute atomic E-state index is 0.102. The molecule has 0 aromatic heterocycles. The number of fused-ring (bicyclic) bond motifs is 2. The van der Waals surface area contributed by atoms with Crippen LogP contribution in [0.5, 0.6) is 0 Å². The summed E-state index contributed by atoms with van der Waals surface area (Å²) in [5, 5.41) is 9.43. The molecule has 0 bridgehead atoms. The van der Waals surface area contributed by atoms with Crippen LogP contribution in [0.4, 0.5) is 0 Å². The normalized spacial score (nSPS) is 43.2. The monoisotopic (exact) mass is 396 g/mol. The third kappa shape index (κ3) is 3.63. The number of carbonyl (C=O) groups excluding carboxylic acids is 2. The summed E-state index contributed by atoms with van der Waals surface area (Å²) in [5.41, 5.74) is -0.237. The second-order valence-corrected chi connectivity index (χ2v) is 9.42. The van der Waals surface area contributed by atoms with Gasteiger partial charge in [0.05, 0.1) is 38.4 Å². The number of ether oxygens (including phenoxy) is 3. The molecule has 2 unspecified atom stereocenters. The summed E-state index contributed by atoms with van der Waals surface area (Å²) in [7, 11) is 1.42. The van der Waals surface area contributed by atoms with Gasteiger partial charge < -0.3 is 19.3 Å². The highest BCUT2D eigenvalue weighted by molar-refractivity contribution is 5.85. The SMILES string of the molecule is CCO[C@H]1CC[C@@]2(C)CC[C@@]3(C)CCC(=O)C3C(OCCO)[C@H]2[C@H]1C(=O)OC. The van der Waals surface area contributed by atoms with Gasteiger partial charge in [0.1, 0.15) is 5.78 Å². The Hall–Kier alpha value is -0.980. The topological polar surface area (TPSA) is 82.1 Å². The summed E-state index contributed by atoms with van der Waals surface area (Å²) in [6.45, 7) is 6.97. The molecule has 3 saturated carbocycles. The maximum Gasteiger partial charge on any atom is 0.311 e. The van der Waals surface area contributed by atoms with E-state index in [-0.39, 0.29) is 53.7 Å². The maximum absolute atomic E-state index is 13.0. The van der Waals surface area contributed by atoms with Gasteiger partial charge in [0.25, 0.3) is 0 Å². The van der Waals surface area contributed by atoms with Gasteiger partial charge in [-0.25, -0.2) is 0 Å². The lowest BCUT2D eigenvalue weighted by Crippen LogP contribution is -2.56. The van der Waals surface area contributed by atoms with Gasteiger partial charge in [-0.1, -0.05) is 13.8 Å². The number of esters is 1. The Labute approximate surface area is 168 Å². The van der Waals surface area contributed by atoms with E-state index in [0.29, 0.717) is 13.0 Å². The number of aliphatic hydroxyl groups is 1.